The average molecular weight is 481 g/mol. The average Bonchev–Trinajstić information content (AvgIpc) is 3.58. The molecule has 1 aromatic carbocycles. The third kappa shape index (κ3) is 4.48. The SMILES string of the molecule is O=C(CCn1c(-c2cccs2)n[nH]c1=S)NC(c1ccc2c(c1)CCCC2)c1cccs1. The van der Waals surface area contributed by atoms with Gasteiger partial charge >= 0.3 is 0 Å². The van der Waals surface area contributed by atoms with E-state index >= 15 is 0 Å². The molecule has 0 fully saturated rings. The topological polar surface area (TPSA) is 62.7 Å². The molecule has 0 radical (unpaired) electrons. The Hall–Kier alpha value is -2.55. The minimum absolute atomic E-state index is 0.00125. The van der Waals surface area contributed by atoms with Crippen molar-refractivity contribution in [1.29, 1.82) is 0 Å². The van der Waals surface area contributed by atoms with Crippen molar-refractivity contribution in [2.24, 2.45) is 0 Å². The van der Waals surface area contributed by atoms with Gasteiger partial charge in [0.15, 0.2) is 10.6 Å². The Balaban J connectivity index is 1.34. The number of aromatic nitrogens is 3. The van der Waals surface area contributed by atoms with Crippen molar-refractivity contribution in [3.63, 3.8) is 0 Å². The Bertz CT molecular complexity index is 1250. The molecule has 5 rings (SSSR count). The molecular weight excluding hydrogens is 456 g/mol. The lowest BCUT2D eigenvalue weighted by Crippen LogP contribution is -2.29. The minimum atomic E-state index is -0.135. The number of aromatic amines is 1. The molecule has 4 aromatic rings. The lowest BCUT2D eigenvalue weighted by Gasteiger charge is -2.22. The molecule has 3 heterocycles. The van der Waals surface area contributed by atoms with Crippen molar-refractivity contribution in [2.45, 2.75) is 44.7 Å². The highest BCUT2D eigenvalue weighted by molar-refractivity contribution is 7.71. The number of rotatable bonds is 7. The minimum Gasteiger partial charge on any atom is -0.344 e. The molecule has 2 N–H and O–H groups in total. The predicted octanol–water partition coefficient (Wildman–Crippen LogP) is 5.91. The maximum Gasteiger partial charge on any atom is 0.222 e. The smallest absolute Gasteiger partial charge is 0.222 e. The number of nitrogens with zero attached hydrogens (tertiary/aromatic N) is 2. The molecule has 1 unspecified atom stereocenters. The molecule has 1 atom stereocenters. The Morgan fingerprint density at radius 3 is 2.72 bits per heavy atom. The van der Waals surface area contributed by atoms with Gasteiger partial charge in [0.2, 0.25) is 5.91 Å². The van der Waals surface area contributed by atoms with E-state index < -0.39 is 0 Å². The maximum atomic E-state index is 13.0. The lowest BCUT2D eigenvalue weighted by atomic mass is 9.89. The number of fused-ring (bicyclic) bond motifs is 1. The second-order valence-corrected chi connectivity index (χ2v) is 10.3. The highest BCUT2D eigenvalue weighted by Gasteiger charge is 2.20. The molecular formula is C24H24N4OS3. The van der Waals surface area contributed by atoms with E-state index in [1.165, 1.54) is 24.0 Å². The van der Waals surface area contributed by atoms with Gasteiger partial charge in [-0.05, 0) is 77.5 Å². The van der Waals surface area contributed by atoms with E-state index in [9.17, 15) is 4.79 Å². The zero-order valence-electron chi connectivity index (χ0n) is 17.5. The summed E-state index contributed by atoms with van der Waals surface area (Å²) in [5, 5.41) is 14.6. The summed E-state index contributed by atoms with van der Waals surface area (Å²) in [6.07, 6.45) is 5.12. The third-order valence-electron chi connectivity index (χ3n) is 5.90. The number of H-pyrrole nitrogens is 1. The summed E-state index contributed by atoms with van der Waals surface area (Å²) in [6, 6.07) is 14.7. The van der Waals surface area contributed by atoms with Crippen LogP contribution in [0.2, 0.25) is 0 Å². The highest BCUT2D eigenvalue weighted by Crippen LogP contribution is 2.30. The molecule has 1 aliphatic rings. The van der Waals surface area contributed by atoms with Gasteiger partial charge in [-0.1, -0.05) is 30.3 Å². The quantitative estimate of drug-likeness (QED) is 0.324. The molecule has 1 amide bonds. The van der Waals surface area contributed by atoms with Gasteiger partial charge in [0.05, 0.1) is 10.9 Å². The third-order valence-corrected chi connectivity index (χ3v) is 8.02. The Labute approximate surface area is 200 Å². The molecule has 0 saturated heterocycles. The normalized spacial score (nSPS) is 14.1. The van der Waals surface area contributed by atoms with Crippen LogP contribution in [0.5, 0.6) is 0 Å². The van der Waals surface area contributed by atoms with Gasteiger partial charge in [0, 0.05) is 17.8 Å². The van der Waals surface area contributed by atoms with E-state index in [0.29, 0.717) is 17.7 Å². The molecule has 3 aromatic heterocycles. The van der Waals surface area contributed by atoms with Crippen molar-refractivity contribution in [3.05, 3.63) is 79.6 Å². The Morgan fingerprint density at radius 1 is 1.12 bits per heavy atom. The Morgan fingerprint density at radius 2 is 1.94 bits per heavy atom. The molecule has 5 nitrogen and oxygen atoms in total. The molecule has 32 heavy (non-hydrogen) atoms. The first-order valence-electron chi connectivity index (χ1n) is 10.8. The van der Waals surface area contributed by atoms with E-state index in [1.54, 1.807) is 22.7 Å². The zero-order valence-corrected chi connectivity index (χ0v) is 20.0. The molecule has 1 aliphatic carbocycles. The summed E-state index contributed by atoms with van der Waals surface area (Å²) in [5.41, 5.74) is 4.03. The van der Waals surface area contributed by atoms with Crippen molar-refractivity contribution >= 4 is 40.8 Å². The number of amides is 1. The number of thiophene rings is 2. The summed E-state index contributed by atoms with van der Waals surface area (Å²) in [5.74, 6) is 0.781. The van der Waals surface area contributed by atoms with Crippen LogP contribution in [-0.2, 0) is 24.2 Å². The summed E-state index contributed by atoms with van der Waals surface area (Å²) in [4.78, 5) is 15.2. The number of benzene rings is 1. The van der Waals surface area contributed by atoms with Gasteiger partial charge in [0.25, 0.3) is 0 Å². The van der Waals surface area contributed by atoms with E-state index in [2.05, 4.69) is 45.2 Å². The molecule has 0 saturated carbocycles. The second kappa shape index (κ2) is 9.52. The largest absolute Gasteiger partial charge is 0.344 e. The number of carbonyl (C=O) groups is 1. The van der Waals surface area contributed by atoms with Gasteiger partial charge in [-0.3, -0.25) is 14.5 Å². The van der Waals surface area contributed by atoms with Crippen LogP contribution in [0.1, 0.15) is 46.9 Å². The van der Waals surface area contributed by atoms with Crippen LogP contribution >= 0.6 is 34.9 Å². The molecule has 0 bridgehead atoms. The summed E-state index contributed by atoms with van der Waals surface area (Å²) in [7, 11) is 0. The molecule has 0 aliphatic heterocycles. The fourth-order valence-electron chi connectivity index (χ4n) is 4.27. The fraction of sp³-hybridized carbons (Fsp3) is 0.292. The van der Waals surface area contributed by atoms with E-state index in [4.69, 9.17) is 12.2 Å². The number of hydrogen-bond acceptors (Lipinski definition) is 5. The van der Waals surface area contributed by atoms with Crippen molar-refractivity contribution in [1.82, 2.24) is 20.1 Å². The number of carbonyl (C=O) groups excluding carboxylic acids is 1. The molecule has 8 heteroatoms. The van der Waals surface area contributed by atoms with Gasteiger partial charge in [0.1, 0.15) is 0 Å². The summed E-state index contributed by atoms with van der Waals surface area (Å²) >= 11 is 8.68. The first-order valence-corrected chi connectivity index (χ1v) is 13.0. The predicted molar refractivity (Wildman–Crippen MR) is 133 cm³/mol. The number of hydrogen-bond donors (Lipinski definition) is 2. The zero-order chi connectivity index (χ0) is 21.9. The highest BCUT2D eigenvalue weighted by atomic mass is 32.1. The van der Waals surface area contributed by atoms with Crippen LogP contribution in [0.25, 0.3) is 10.7 Å². The fourth-order valence-corrected chi connectivity index (χ4v) is 6.02. The molecule has 164 valence electrons. The van der Waals surface area contributed by atoms with Gasteiger partial charge in [-0.15, -0.1) is 22.7 Å². The molecule has 0 spiro atoms. The summed E-state index contributed by atoms with van der Waals surface area (Å²) < 4.78 is 2.44. The van der Waals surface area contributed by atoms with Crippen LogP contribution in [0.15, 0.2) is 53.2 Å². The number of aryl methyl sites for hydroxylation is 2. The van der Waals surface area contributed by atoms with Crippen molar-refractivity contribution in [2.75, 3.05) is 0 Å². The van der Waals surface area contributed by atoms with Crippen LogP contribution in [0.4, 0.5) is 0 Å². The van der Waals surface area contributed by atoms with Crippen molar-refractivity contribution < 1.29 is 4.79 Å². The van der Waals surface area contributed by atoms with Gasteiger partial charge in [-0.25, -0.2) is 0 Å². The van der Waals surface area contributed by atoms with Crippen LogP contribution in [0, 0.1) is 4.77 Å². The standard InChI is InChI=1S/C24H24N4OS3/c29-21(11-12-28-23(26-27-24(28)30)20-8-4-14-32-20)25-22(19-7-3-13-31-19)18-10-9-16-5-1-2-6-17(16)15-18/h3-4,7-10,13-15,22H,1-2,5-6,11-12H2,(H,25,29)(H,27,30). The van der Waals surface area contributed by atoms with Crippen LogP contribution in [0.3, 0.4) is 0 Å². The van der Waals surface area contributed by atoms with Crippen LogP contribution in [-0.4, -0.2) is 20.7 Å². The number of nitrogens with one attached hydrogen (secondary N) is 2. The monoisotopic (exact) mass is 480 g/mol. The van der Waals surface area contributed by atoms with E-state index in [-0.39, 0.29) is 11.9 Å². The van der Waals surface area contributed by atoms with Gasteiger partial charge < -0.3 is 5.32 Å². The van der Waals surface area contributed by atoms with E-state index in [1.807, 2.05) is 28.1 Å². The Kier molecular flexibility index (Phi) is 6.34. The van der Waals surface area contributed by atoms with Crippen molar-refractivity contribution in [3.8, 4) is 10.7 Å². The second-order valence-electron chi connectivity index (χ2n) is 7.98. The lowest BCUT2D eigenvalue weighted by molar-refractivity contribution is -0.121. The maximum absolute atomic E-state index is 13.0. The first kappa shape index (κ1) is 21.3. The first-order chi connectivity index (χ1) is 15.7. The van der Waals surface area contributed by atoms with E-state index in [0.717, 1.165) is 34.0 Å². The van der Waals surface area contributed by atoms with Gasteiger partial charge in [-0.2, -0.15) is 5.10 Å². The summed E-state index contributed by atoms with van der Waals surface area (Å²) in [6.45, 7) is 0.482. The van der Waals surface area contributed by atoms with Crippen LogP contribution < -0.4 is 5.32 Å².